The zero-order chi connectivity index (χ0) is 23.6. The lowest BCUT2D eigenvalue weighted by molar-refractivity contribution is -0.137. The zero-order valence-electron chi connectivity index (χ0n) is 18.1. The maximum absolute atomic E-state index is 13.8. The van der Waals surface area contributed by atoms with E-state index in [1.165, 1.54) is 17.0 Å². The van der Waals surface area contributed by atoms with Crippen molar-refractivity contribution in [3.8, 4) is 5.75 Å². The molecule has 0 radical (unpaired) electrons. The van der Waals surface area contributed by atoms with Gasteiger partial charge in [0.25, 0.3) is 5.91 Å². The number of fused-ring (bicyclic) bond motifs is 1. The second kappa shape index (κ2) is 9.24. The highest BCUT2D eigenvalue weighted by Gasteiger charge is 2.36. The molecule has 3 aromatic carbocycles. The van der Waals surface area contributed by atoms with E-state index in [0.29, 0.717) is 24.2 Å². The van der Waals surface area contributed by atoms with Crippen molar-refractivity contribution in [2.24, 2.45) is 0 Å². The number of carbonyl (C=O) groups is 2. The molecule has 1 aliphatic rings. The molecule has 5 nitrogen and oxygen atoms in total. The maximum Gasteiger partial charge on any atom is 0.323 e. The Kier molecular flexibility index (Phi) is 6.38. The van der Waals surface area contributed by atoms with Crippen LogP contribution in [0.15, 0.2) is 66.7 Å². The van der Waals surface area contributed by atoms with Crippen molar-refractivity contribution in [1.82, 2.24) is 4.90 Å². The van der Waals surface area contributed by atoms with Crippen molar-refractivity contribution >= 4 is 23.5 Å². The van der Waals surface area contributed by atoms with Crippen molar-refractivity contribution in [1.29, 1.82) is 0 Å². The van der Waals surface area contributed by atoms with E-state index in [1.54, 1.807) is 24.3 Å². The number of ether oxygens (including phenoxy) is 1. The number of carboxylic acid groups (broad SMARTS) is 1. The van der Waals surface area contributed by atoms with Crippen LogP contribution in [0.5, 0.6) is 5.75 Å². The lowest BCUT2D eigenvalue weighted by Gasteiger charge is -2.24. The van der Waals surface area contributed by atoms with Gasteiger partial charge in [0.2, 0.25) is 0 Å². The average molecular weight is 468 g/mol. The number of carbonyl (C=O) groups excluding carboxylic acids is 1. The zero-order valence-corrected chi connectivity index (χ0v) is 18.8. The smallest absolute Gasteiger partial charge is 0.323 e. The van der Waals surface area contributed by atoms with E-state index in [-0.39, 0.29) is 17.5 Å². The van der Waals surface area contributed by atoms with Crippen LogP contribution in [0.3, 0.4) is 0 Å². The Balaban J connectivity index is 1.53. The third-order valence-corrected chi connectivity index (χ3v) is 5.93. The van der Waals surface area contributed by atoms with Crippen molar-refractivity contribution in [2.45, 2.75) is 31.9 Å². The third kappa shape index (κ3) is 5.34. The summed E-state index contributed by atoms with van der Waals surface area (Å²) in [6.07, 6.45) is 1.00. The van der Waals surface area contributed by atoms with Crippen LogP contribution in [0.25, 0.3) is 0 Å². The van der Waals surface area contributed by atoms with Crippen LogP contribution in [-0.4, -0.2) is 34.0 Å². The highest BCUT2D eigenvalue weighted by Crippen LogP contribution is 2.38. The molecule has 1 amide bonds. The molecule has 0 bridgehead atoms. The Morgan fingerprint density at radius 3 is 2.55 bits per heavy atom. The summed E-state index contributed by atoms with van der Waals surface area (Å²) in [5.41, 5.74) is 2.26. The molecule has 0 aliphatic carbocycles. The van der Waals surface area contributed by atoms with E-state index >= 15 is 0 Å². The van der Waals surface area contributed by atoms with Gasteiger partial charge in [-0.2, -0.15) is 0 Å². The molecule has 1 heterocycles. The Labute approximate surface area is 196 Å². The molecule has 4 rings (SSSR count). The first-order valence-corrected chi connectivity index (χ1v) is 10.9. The van der Waals surface area contributed by atoms with Crippen LogP contribution in [0.2, 0.25) is 5.02 Å². The molecule has 7 heteroatoms. The fraction of sp³-hybridized carbons (Fsp3) is 0.231. The fourth-order valence-corrected chi connectivity index (χ4v) is 4.30. The molecule has 170 valence electrons. The van der Waals surface area contributed by atoms with E-state index < -0.39 is 23.9 Å². The first kappa shape index (κ1) is 22.8. The van der Waals surface area contributed by atoms with Crippen molar-refractivity contribution in [2.75, 3.05) is 6.54 Å². The van der Waals surface area contributed by atoms with Crippen LogP contribution < -0.4 is 4.74 Å². The standard InChI is InChI=1S/C26H23ClFNO4/c1-26(13-18-7-9-21(27)22(28)11-18)14-20-12-19(8-10-23(20)33-26)25(32)29(16-24(30)31)15-17-5-3-2-4-6-17/h2-12H,13-16H2,1H3,(H,30,31). The number of hydrogen-bond donors (Lipinski definition) is 1. The Hall–Kier alpha value is -3.38. The average Bonchev–Trinajstić information content (AvgIpc) is 3.10. The van der Waals surface area contributed by atoms with Crippen molar-refractivity contribution in [3.05, 3.63) is 99.8 Å². The van der Waals surface area contributed by atoms with E-state index in [9.17, 15) is 19.1 Å². The minimum atomic E-state index is -1.08. The van der Waals surface area contributed by atoms with E-state index in [2.05, 4.69) is 0 Å². The summed E-state index contributed by atoms with van der Waals surface area (Å²) < 4.78 is 20.0. The molecule has 3 aromatic rings. The van der Waals surface area contributed by atoms with Gasteiger partial charge in [0.15, 0.2) is 0 Å². The van der Waals surface area contributed by atoms with Gasteiger partial charge >= 0.3 is 5.97 Å². The minimum absolute atomic E-state index is 0.0732. The number of aliphatic carboxylic acids is 1. The molecule has 33 heavy (non-hydrogen) atoms. The van der Waals surface area contributed by atoms with Crippen LogP contribution in [0.4, 0.5) is 4.39 Å². The summed E-state index contributed by atoms with van der Waals surface area (Å²) in [6.45, 7) is 1.73. The molecular formula is C26H23ClFNO4. The third-order valence-electron chi connectivity index (χ3n) is 5.62. The van der Waals surface area contributed by atoms with Crippen LogP contribution >= 0.6 is 11.6 Å². The highest BCUT2D eigenvalue weighted by molar-refractivity contribution is 6.30. The summed E-state index contributed by atoms with van der Waals surface area (Å²) in [6, 6.07) is 19.1. The second-order valence-electron chi connectivity index (χ2n) is 8.52. The topological polar surface area (TPSA) is 66.8 Å². The number of rotatable bonds is 7. The molecule has 0 fully saturated rings. The van der Waals surface area contributed by atoms with Gasteiger partial charge in [0.1, 0.15) is 23.7 Å². The van der Waals surface area contributed by atoms with Gasteiger partial charge in [0, 0.05) is 24.9 Å². The van der Waals surface area contributed by atoms with Gasteiger partial charge in [0.05, 0.1) is 5.02 Å². The number of carboxylic acids is 1. The summed E-state index contributed by atoms with van der Waals surface area (Å²) in [7, 11) is 0. The lowest BCUT2D eigenvalue weighted by Crippen LogP contribution is -2.35. The Bertz CT molecular complexity index is 1200. The molecule has 1 aliphatic heterocycles. The molecule has 1 atom stereocenters. The lowest BCUT2D eigenvalue weighted by atomic mass is 9.91. The van der Waals surface area contributed by atoms with Gasteiger partial charge in [-0.05, 0) is 53.9 Å². The van der Waals surface area contributed by atoms with Crippen LogP contribution in [0.1, 0.15) is 34.0 Å². The van der Waals surface area contributed by atoms with Gasteiger partial charge < -0.3 is 14.7 Å². The summed E-state index contributed by atoms with van der Waals surface area (Å²) in [5, 5.41) is 9.38. The van der Waals surface area contributed by atoms with Crippen LogP contribution in [-0.2, 0) is 24.2 Å². The number of amides is 1. The summed E-state index contributed by atoms with van der Waals surface area (Å²) >= 11 is 5.78. The molecule has 0 saturated carbocycles. The maximum atomic E-state index is 13.8. The van der Waals surface area contributed by atoms with E-state index in [1.807, 2.05) is 37.3 Å². The predicted molar refractivity (Wildman–Crippen MR) is 123 cm³/mol. The number of nitrogens with zero attached hydrogens (tertiary/aromatic N) is 1. The first-order chi connectivity index (χ1) is 15.7. The summed E-state index contributed by atoms with van der Waals surface area (Å²) in [4.78, 5) is 25.9. The van der Waals surface area contributed by atoms with Gasteiger partial charge in [-0.1, -0.05) is 48.0 Å². The predicted octanol–water partition coefficient (Wildman–Crippen LogP) is 5.14. The monoisotopic (exact) mass is 467 g/mol. The minimum Gasteiger partial charge on any atom is -0.487 e. The van der Waals surface area contributed by atoms with Crippen molar-refractivity contribution < 1.29 is 23.8 Å². The van der Waals surface area contributed by atoms with E-state index in [0.717, 1.165) is 16.7 Å². The quantitative estimate of drug-likeness (QED) is 0.522. The Morgan fingerprint density at radius 2 is 1.85 bits per heavy atom. The van der Waals surface area contributed by atoms with Crippen molar-refractivity contribution in [3.63, 3.8) is 0 Å². The highest BCUT2D eigenvalue weighted by atomic mass is 35.5. The molecule has 0 spiro atoms. The molecule has 0 saturated heterocycles. The number of halogens is 2. The Morgan fingerprint density at radius 1 is 1.09 bits per heavy atom. The molecule has 0 aromatic heterocycles. The SMILES string of the molecule is CC1(Cc2ccc(Cl)c(F)c2)Cc2cc(C(=O)N(CC(=O)O)Cc3ccccc3)ccc2O1. The first-order valence-electron chi connectivity index (χ1n) is 10.5. The largest absolute Gasteiger partial charge is 0.487 e. The van der Waals surface area contributed by atoms with E-state index in [4.69, 9.17) is 16.3 Å². The molecular weight excluding hydrogens is 445 g/mol. The van der Waals surface area contributed by atoms with Gasteiger partial charge in [-0.15, -0.1) is 0 Å². The van der Waals surface area contributed by atoms with Gasteiger partial charge in [-0.3, -0.25) is 9.59 Å². The van der Waals surface area contributed by atoms with Gasteiger partial charge in [-0.25, -0.2) is 4.39 Å². The molecule has 1 unspecified atom stereocenters. The number of hydrogen-bond acceptors (Lipinski definition) is 3. The molecule has 1 N–H and O–H groups in total. The number of benzene rings is 3. The normalized spacial score (nSPS) is 16.7. The van der Waals surface area contributed by atoms with Crippen LogP contribution in [0, 0.1) is 5.82 Å². The fourth-order valence-electron chi connectivity index (χ4n) is 4.18. The summed E-state index contributed by atoms with van der Waals surface area (Å²) in [5.74, 6) is -1.25. The second-order valence-corrected chi connectivity index (χ2v) is 8.92.